The Bertz CT molecular complexity index is 701. The lowest BCUT2D eigenvalue weighted by Gasteiger charge is -2.23. The summed E-state index contributed by atoms with van der Waals surface area (Å²) in [6.45, 7) is 2.71. The van der Waals surface area contributed by atoms with E-state index in [1.54, 1.807) is 28.1 Å². The average Bonchev–Trinajstić information content (AvgIpc) is 2.75. The molecule has 6 heteroatoms. The molecule has 1 aromatic carbocycles. The maximum atomic E-state index is 12.2. The van der Waals surface area contributed by atoms with Crippen LogP contribution in [0.15, 0.2) is 29.1 Å². The van der Waals surface area contributed by atoms with Gasteiger partial charge in [0.25, 0.3) is 0 Å². The largest absolute Gasteiger partial charge is 0.342 e. The summed E-state index contributed by atoms with van der Waals surface area (Å²) in [6, 6.07) is 7.59. The fraction of sp³-hybridized carbons (Fsp3) is 0.467. The number of aryl methyl sites for hydroxylation is 2. The molecule has 0 saturated heterocycles. The minimum absolute atomic E-state index is 0.00161. The molecule has 0 fully saturated rings. The molecule has 0 aliphatic heterocycles. The van der Waals surface area contributed by atoms with Gasteiger partial charge in [0, 0.05) is 39.6 Å². The number of amides is 1. The van der Waals surface area contributed by atoms with Gasteiger partial charge in [-0.3, -0.25) is 13.9 Å². The standard InChI is InChI=1S/C15H22N4O2/c1-11(10-16)17(2)14(20)8-9-19-13-7-5-4-6-12(13)18(3)15(19)21/h4-7,11H,8-10,16H2,1-3H3. The second-order valence-electron chi connectivity index (χ2n) is 5.32. The van der Waals surface area contributed by atoms with Crippen LogP contribution in [0.2, 0.25) is 0 Å². The zero-order valence-corrected chi connectivity index (χ0v) is 12.7. The fourth-order valence-corrected chi connectivity index (χ4v) is 2.37. The third-order valence-corrected chi connectivity index (χ3v) is 4.00. The second-order valence-corrected chi connectivity index (χ2v) is 5.32. The van der Waals surface area contributed by atoms with Gasteiger partial charge < -0.3 is 10.6 Å². The Labute approximate surface area is 123 Å². The van der Waals surface area contributed by atoms with Crippen molar-refractivity contribution in [2.45, 2.75) is 25.9 Å². The number of nitrogens with two attached hydrogens (primary N) is 1. The van der Waals surface area contributed by atoms with Gasteiger partial charge in [-0.1, -0.05) is 12.1 Å². The summed E-state index contributed by atoms with van der Waals surface area (Å²) in [7, 11) is 3.48. The zero-order valence-electron chi connectivity index (χ0n) is 12.7. The first-order chi connectivity index (χ1) is 9.97. The van der Waals surface area contributed by atoms with E-state index >= 15 is 0 Å². The maximum Gasteiger partial charge on any atom is 0.328 e. The summed E-state index contributed by atoms with van der Waals surface area (Å²) in [4.78, 5) is 26.0. The molecule has 0 bridgehead atoms. The summed E-state index contributed by atoms with van der Waals surface area (Å²) in [5.41, 5.74) is 7.20. The molecule has 1 unspecified atom stereocenters. The normalized spacial score (nSPS) is 12.6. The van der Waals surface area contributed by atoms with Gasteiger partial charge in [0.15, 0.2) is 0 Å². The molecule has 2 rings (SSSR count). The minimum atomic E-state index is -0.0986. The van der Waals surface area contributed by atoms with Crippen molar-refractivity contribution in [1.29, 1.82) is 0 Å². The number of benzene rings is 1. The smallest absolute Gasteiger partial charge is 0.328 e. The average molecular weight is 290 g/mol. The third kappa shape index (κ3) is 2.85. The summed E-state index contributed by atoms with van der Waals surface area (Å²) < 4.78 is 3.25. The van der Waals surface area contributed by atoms with E-state index in [0.29, 0.717) is 13.1 Å². The summed E-state index contributed by atoms with van der Waals surface area (Å²) in [6.07, 6.45) is 0.286. The Balaban J connectivity index is 2.20. The monoisotopic (exact) mass is 290 g/mol. The van der Waals surface area contributed by atoms with Crippen LogP contribution in [0.3, 0.4) is 0 Å². The molecule has 114 valence electrons. The number of carbonyl (C=O) groups is 1. The van der Waals surface area contributed by atoms with E-state index in [4.69, 9.17) is 5.73 Å². The zero-order chi connectivity index (χ0) is 15.6. The van der Waals surface area contributed by atoms with E-state index in [9.17, 15) is 9.59 Å². The first kappa shape index (κ1) is 15.3. The lowest BCUT2D eigenvalue weighted by atomic mass is 10.2. The van der Waals surface area contributed by atoms with Crippen molar-refractivity contribution >= 4 is 16.9 Å². The van der Waals surface area contributed by atoms with E-state index in [1.807, 2.05) is 31.2 Å². The van der Waals surface area contributed by atoms with E-state index in [2.05, 4.69) is 0 Å². The van der Waals surface area contributed by atoms with Gasteiger partial charge in [-0.05, 0) is 19.1 Å². The van der Waals surface area contributed by atoms with E-state index in [0.717, 1.165) is 11.0 Å². The highest BCUT2D eigenvalue weighted by Gasteiger charge is 2.16. The minimum Gasteiger partial charge on any atom is -0.342 e. The van der Waals surface area contributed by atoms with Gasteiger partial charge in [-0.15, -0.1) is 0 Å². The SMILES string of the molecule is CC(CN)N(C)C(=O)CCn1c(=O)n(C)c2ccccc21. The van der Waals surface area contributed by atoms with Crippen molar-refractivity contribution in [3.63, 3.8) is 0 Å². The highest BCUT2D eigenvalue weighted by Crippen LogP contribution is 2.12. The molecule has 1 amide bonds. The quantitative estimate of drug-likeness (QED) is 0.873. The van der Waals surface area contributed by atoms with Crippen molar-refractivity contribution < 1.29 is 4.79 Å². The van der Waals surface area contributed by atoms with Gasteiger partial charge >= 0.3 is 5.69 Å². The lowest BCUT2D eigenvalue weighted by Crippen LogP contribution is -2.40. The summed E-state index contributed by atoms with van der Waals surface area (Å²) >= 11 is 0. The third-order valence-electron chi connectivity index (χ3n) is 4.00. The van der Waals surface area contributed by atoms with Gasteiger partial charge in [0.2, 0.25) is 5.91 Å². The number of likely N-dealkylation sites (N-methyl/N-ethyl adjacent to an activating group) is 1. The van der Waals surface area contributed by atoms with Crippen LogP contribution >= 0.6 is 0 Å². The number of hydrogen-bond donors (Lipinski definition) is 1. The molecule has 1 heterocycles. The van der Waals surface area contributed by atoms with Crippen molar-refractivity contribution in [3.8, 4) is 0 Å². The molecule has 2 aromatic rings. The van der Waals surface area contributed by atoms with Crippen molar-refractivity contribution in [1.82, 2.24) is 14.0 Å². The highest BCUT2D eigenvalue weighted by molar-refractivity contribution is 5.78. The van der Waals surface area contributed by atoms with Gasteiger partial charge in [0.1, 0.15) is 0 Å². The molecule has 0 spiro atoms. The predicted molar refractivity (Wildman–Crippen MR) is 83.1 cm³/mol. The van der Waals surface area contributed by atoms with E-state index in [-0.39, 0.29) is 24.1 Å². The van der Waals surface area contributed by atoms with Crippen LogP contribution in [0, 0.1) is 0 Å². The molecule has 2 N–H and O–H groups in total. The molecule has 6 nitrogen and oxygen atoms in total. The number of hydrogen-bond acceptors (Lipinski definition) is 3. The van der Waals surface area contributed by atoms with Crippen molar-refractivity contribution in [3.05, 3.63) is 34.7 Å². The van der Waals surface area contributed by atoms with Crippen LogP contribution in [0.4, 0.5) is 0 Å². The van der Waals surface area contributed by atoms with Crippen LogP contribution in [-0.4, -0.2) is 39.6 Å². The molecular weight excluding hydrogens is 268 g/mol. The van der Waals surface area contributed by atoms with Crippen LogP contribution in [0.5, 0.6) is 0 Å². The number of rotatable bonds is 5. The molecule has 21 heavy (non-hydrogen) atoms. The summed E-state index contributed by atoms with van der Waals surface area (Å²) in [5, 5.41) is 0. The first-order valence-electron chi connectivity index (χ1n) is 7.07. The highest BCUT2D eigenvalue weighted by atomic mass is 16.2. The second kappa shape index (κ2) is 6.13. The molecule has 0 aliphatic carbocycles. The molecular formula is C15H22N4O2. The molecule has 0 aliphatic rings. The number of carbonyl (C=O) groups excluding carboxylic acids is 1. The lowest BCUT2D eigenvalue weighted by molar-refractivity contribution is -0.131. The van der Waals surface area contributed by atoms with Crippen molar-refractivity contribution in [2.24, 2.45) is 12.8 Å². The van der Waals surface area contributed by atoms with Gasteiger partial charge in [-0.25, -0.2) is 4.79 Å². The Morgan fingerprint density at radius 2 is 1.95 bits per heavy atom. The predicted octanol–water partition coefficient (Wildman–Crippen LogP) is 0.536. The first-order valence-corrected chi connectivity index (χ1v) is 7.07. The molecule has 0 saturated carbocycles. The van der Waals surface area contributed by atoms with Gasteiger partial charge in [0.05, 0.1) is 11.0 Å². The maximum absolute atomic E-state index is 12.2. The fourth-order valence-electron chi connectivity index (χ4n) is 2.37. The van der Waals surface area contributed by atoms with E-state index < -0.39 is 0 Å². The Kier molecular flexibility index (Phi) is 4.47. The summed E-state index contributed by atoms with van der Waals surface area (Å²) in [5.74, 6) is -0.00668. The van der Waals surface area contributed by atoms with E-state index in [1.165, 1.54) is 0 Å². The number of nitrogens with zero attached hydrogens (tertiary/aromatic N) is 3. The van der Waals surface area contributed by atoms with Crippen LogP contribution in [0.25, 0.3) is 11.0 Å². The Morgan fingerprint density at radius 3 is 2.57 bits per heavy atom. The molecule has 0 radical (unpaired) electrons. The number of imidazole rings is 1. The molecule has 1 aromatic heterocycles. The Morgan fingerprint density at radius 1 is 1.33 bits per heavy atom. The van der Waals surface area contributed by atoms with Crippen molar-refractivity contribution in [2.75, 3.05) is 13.6 Å². The topological polar surface area (TPSA) is 73.3 Å². The number of para-hydroxylation sites is 2. The molecule has 1 atom stereocenters. The Hall–Kier alpha value is -2.08. The van der Waals surface area contributed by atoms with Crippen LogP contribution in [-0.2, 0) is 18.4 Å². The number of aromatic nitrogens is 2. The van der Waals surface area contributed by atoms with Gasteiger partial charge in [-0.2, -0.15) is 0 Å². The number of fused-ring (bicyclic) bond motifs is 1. The van der Waals surface area contributed by atoms with Crippen LogP contribution < -0.4 is 11.4 Å². The van der Waals surface area contributed by atoms with Crippen LogP contribution in [0.1, 0.15) is 13.3 Å².